The van der Waals surface area contributed by atoms with Crippen LogP contribution in [0.15, 0.2) is 29.8 Å². The maximum Gasteiger partial charge on any atom is 0.0387 e. The van der Waals surface area contributed by atoms with Crippen LogP contribution in [-0.4, -0.2) is 0 Å². The molecule has 60 valence electrons. The number of para-hydroxylation sites is 1. The van der Waals surface area contributed by atoms with E-state index in [4.69, 9.17) is 17.3 Å². The highest BCUT2D eigenvalue weighted by atomic mass is 35.5. The Hall–Kier alpha value is -0.660. The predicted molar refractivity (Wildman–Crippen MR) is 53.0 cm³/mol. The largest absolute Gasteiger partial charge is 0.398 e. The molecular formula is C8H9Cl2N. The predicted octanol–water partition coefficient (Wildman–Crippen LogP) is 2.90. The van der Waals surface area contributed by atoms with E-state index in [1.165, 1.54) is 5.54 Å². The van der Waals surface area contributed by atoms with Gasteiger partial charge in [-0.05, 0) is 17.7 Å². The Kier molecular flexibility index (Phi) is 4.75. The highest BCUT2D eigenvalue weighted by Gasteiger charge is 1.88. The Bertz CT molecular complexity index is 246. The van der Waals surface area contributed by atoms with Gasteiger partial charge < -0.3 is 5.73 Å². The third-order valence-electron chi connectivity index (χ3n) is 1.24. The smallest absolute Gasteiger partial charge is 0.0387 e. The molecule has 0 saturated carbocycles. The number of benzene rings is 1. The van der Waals surface area contributed by atoms with Crippen molar-refractivity contribution in [3.63, 3.8) is 0 Å². The highest BCUT2D eigenvalue weighted by Crippen LogP contribution is 2.11. The fraction of sp³-hybridized carbons (Fsp3) is 0. The minimum atomic E-state index is 0. The average molecular weight is 190 g/mol. The molecule has 0 radical (unpaired) electrons. The summed E-state index contributed by atoms with van der Waals surface area (Å²) in [6.45, 7) is 0. The summed E-state index contributed by atoms with van der Waals surface area (Å²) >= 11 is 5.37. The Balaban J connectivity index is 0.000001000. The van der Waals surface area contributed by atoms with Crippen molar-refractivity contribution in [3.8, 4) is 0 Å². The van der Waals surface area contributed by atoms with E-state index in [2.05, 4.69) is 0 Å². The van der Waals surface area contributed by atoms with Crippen molar-refractivity contribution in [1.82, 2.24) is 0 Å². The minimum absolute atomic E-state index is 0. The highest BCUT2D eigenvalue weighted by molar-refractivity contribution is 6.27. The molecule has 1 aromatic carbocycles. The van der Waals surface area contributed by atoms with E-state index in [0.717, 1.165) is 11.3 Å². The van der Waals surface area contributed by atoms with Gasteiger partial charge >= 0.3 is 0 Å². The van der Waals surface area contributed by atoms with Crippen molar-refractivity contribution < 1.29 is 0 Å². The first-order valence-corrected chi connectivity index (χ1v) is 3.39. The van der Waals surface area contributed by atoms with E-state index in [9.17, 15) is 0 Å². The molecule has 0 heterocycles. The molecule has 1 nitrogen and oxygen atoms in total. The molecule has 0 aliphatic rings. The van der Waals surface area contributed by atoms with Crippen LogP contribution in [0.2, 0.25) is 0 Å². The van der Waals surface area contributed by atoms with Gasteiger partial charge in [0.25, 0.3) is 0 Å². The topological polar surface area (TPSA) is 26.0 Å². The summed E-state index contributed by atoms with van der Waals surface area (Å²) in [5, 5.41) is 0. The first kappa shape index (κ1) is 10.3. The molecule has 0 atom stereocenters. The third kappa shape index (κ3) is 2.83. The third-order valence-corrected chi connectivity index (χ3v) is 1.36. The van der Waals surface area contributed by atoms with Crippen LogP contribution in [0, 0.1) is 0 Å². The van der Waals surface area contributed by atoms with Gasteiger partial charge in [0.1, 0.15) is 0 Å². The zero-order valence-electron chi connectivity index (χ0n) is 5.83. The van der Waals surface area contributed by atoms with Crippen molar-refractivity contribution in [2.75, 3.05) is 5.73 Å². The van der Waals surface area contributed by atoms with Crippen LogP contribution >= 0.6 is 24.0 Å². The van der Waals surface area contributed by atoms with E-state index in [1.54, 1.807) is 6.08 Å². The molecule has 0 unspecified atom stereocenters. The van der Waals surface area contributed by atoms with Gasteiger partial charge in [0.2, 0.25) is 0 Å². The average Bonchev–Trinajstić information content (AvgIpc) is 1.94. The molecule has 0 spiro atoms. The molecule has 0 saturated heterocycles. The molecule has 1 aromatic rings. The summed E-state index contributed by atoms with van der Waals surface area (Å²) < 4.78 is 0. The second kappa shape index (κ2) is 5.05. The Morgan fingerprint density at radius 3 is 2.45 bits per heavy atom. The van der Waals surface area contributed by atoms with Crippen molar-refractivity contribution in [2.45, 2.75) is 0 Å². The van der Waals surface area contributed by atoms with Crippen molar-refractivity contribution in [1.29, 1.82) is 0 Å². The van der Waals surface area contributed by atoms with E-state index >= 15 is 0 Å². The van der Waals surface area contributed by atoms with Gasteiger partial charge in [-0.1, -0.05) is 29.8 Å². The summed E-state index contributed by atoms with van der Waals surface area (Å²) in [5.74, 6) is 0. The second-order valence-electron chi connectivity index (χ2n) is 1.92. The normalized spacial score (nSPS) is 9.55. The molecule has 1 rings (SSSR count). The Morgan fingerprint density at radius 1 is 1.27 bits per heavy atom. The van der Waals surface area contributed by atoms with Crippen LogP contribution in [0.1, 0.15) is 5.56 Å². The van der Waals surface area contributed by atoms with Gasteiger partial charge in [-0.3, -0.25) is 0 Å². The maximum absolute atomic E-state index is 5.60. The summed E-state index contributed by atoms with van der Waals surface area (Å²) in [6, 6.07) is 7.56. The lowest BCUT2D eigenvalue weighted by atomic mass is 10.2. The van der Waals surface area contributed by atoms with Crippen LogP contribution in [0.4, 0.5) is 5.69 Å². The van der Waals surface area contributed by atoms with Crippen LogP contribution in [0.5, 0.6) is 0 Å². The number of halogens is 2. The van der Waals surface area contributed by atoms with Crippen molar-refractivity contribution >= 4 is 35.8 Å². The van der Waals surface area contributed by atoms with E-state index in [0.29, 0.717) is 0 Å². The van der Waals surface area contributed by atoms with E-state index in [-0.39, 0.29) is 12.4 Å². The van der Waals surface area contributed by atoms with Gasteiger partial charge in [0.05, 0.1) is 0 Å². The number of hydrogen-bond acceptors (Lipinski definition) is 1. The molecule has 0 bridgehead atoms. The maximum atomic E-state index is 5.60. The van der Waals surface area contributed by atoms with Crippen LogP contribution < -0.4 is 5.73 Å². The zero-order chi connectivity index (χ0) is 7.40. The molecule has 0 amide bonds. The summed E-state index contributed by atoms with van der Waals surface area (Å²) in [4.78, 5) is 0. The number of anilines is 1. The SMILES string of the molecule is Cl.Nc1ccccc1C=CCl. The quantitative estimate of drug-likeness (QED) is 0.677. The van der Waals surface area contributed by atoms with Crippen LogP contribution in [0.3, 0.4) is 0 Å². The second-order valence-corrected chi connectivity index (χ2v) is 2.17. The fourth-order valence-corrected chi connectivity index (χ4v) is 0.866. The monoisotopic (exact) mass is 189 g/mol. The van der Waals surface area contributed by atoms with Gasteiger partial charge in [-0.2, -0.15) is 0 Å². The molecular weight excluding hydrogens is 181 g/mol. The first-order valence-electron chi connectivity index (χ1n) is 2.96. The summed E-state index contributed by atoms with van der Waals surface area (Å²) in [7, 11) is 0. The van der Waals surface area contributed by atoms with Crippen LogP contribution in [-0.2, 0) is 0 Å². The molecule has 2 N–H and O–H groups in total. The summed E-state index contributed by atoms with van der Waals surface area (Å²) in [6.07, 6.45) is 1.76. The van der Waals surface area contributed by atoms with Gasteiger partial charge in [-0.25, -0.2) is 0 Å². The van der Waals surface area contributed by atoms with E-state index in [1.807, 2.05) is 24.3 Å². The molecule has 11 heavy (non-hydrogen) atoms. The molecule has 0 fully saturated rings. The van der Waals surface area contributed by atoms with Gasteiger partial charge in [0.15, 0.2) is 0 Å². The number of rotatable bonds is 1. The lowest BCUT2D eigenvalue weighted by Gasteiger charge is -1.95. The standard InChI is InChI=1S/C8H8ClN.ClH/c9-6-5-7-3-1-2-4-8(7)10;/h1-6H,10H2;1H. The summed E-state index contributed by atoms with van der Waals surface area (Å²) in [5.41, 5.74) is 8.75. The number of nitrogens with two attached hydrogens (primary N) is 1. The van der Waals surface area contributed by atoms with Crippen LogP contribution in [0.25, 0.3) is 6.08 Å². The number of hydrogen-bond donors (Lipinski definition) is 1. The molecule has 0 aliphatic carbocycles. The molecule has 0 aromatic heterocycles. The van der Waals surface area contributed by atoms with E-state index < -0.39 is 0 Å². The lowest BCUT2D eigenvalue weighted by Crippen LogP contribution is -1.86. The van der Waals surface area contributed by atoms with Gasteiger partial charge in [0, 0.05) is 11.2 Å². The lowest BCUT2D eigenvalue weighted by molar-refractivity contribution is 1.64. The van der Waals surface area contributed by atoms with Crippen molar-refractivity contribution in [3.05, 3.63) is 35.4 Å². The number of nitrogen functional groups attached to an aromatic ring is 1. The zero-order valence-corrected chi connectivity index (χ0v) is 7.40. The Labute approximate surface area is 77.3 Å². The molecule has 3 heteroatoms. The Morgan fingerprint density at radius 2 is 1.91 bits per heavy atom. The molecule has 0 aliphatic heterocycles. The van der Waals surface area contributed by atoms with Gasteiger partial charge in [-0.15, -0.1) is 12.4 Å². The fourth-order valence-electron chi connectivity index (χ4n) is 0.731. The minimum Gasteiger partial charge on any atom is -0.398 e. The first-order chi connectivity index (χ1) is 4.84. The van der Waals surface area contributed by atoms with Crippen molar-refractivity contribution in [2.24, 2.45) is 0 Å².